The summed E-state index contributed by atoms with van der Waals surface area (Å²) in [6.07, 6.45) is 1.07. The first kappa shape index (κ1) is 14.2. The Morgan fingerprint density at radius 3 is 2.43 bits per heavy atom. The summed E-state index contributed by atoms with van der Waals surface area (Å²) in [6, 6.07) is 10.8. The summed E-state index contributed by atoms with van der Waals surface area (Å²) in [7, 11) is 0. The molecule has 5 N–H and O–H groups in total. The van der Waals surface area contributed by atoms with Crippen LogP contribution >= 0.6 is 0 Å². The van der Waals surface area contributed by atoms with Gasteiger partial charge in [-0.15, -0.1) is 0 Å². The average Bonchev–Trinajstić information content (AvgIpc) is 2.51. The monoisotopic (exact) mass is 287 g/mol. The zero-order valence-corrected chi connectivity index (χ0v) is 10.8. The van der Waals surface area contributed by atoms with Crippen molar-refractivity contribution in [2.45, 2.75) is 0 Å². The van der Waals surface area contributed by atoms with E-state index in [1.807, 2.05) is 6.07 Å². The number of benzene rings is 2. The predicted molar refractivity (Wildman–Crippen MR) is 77.6 cm³/mol. The number of hydrazine groups is 1. The van der Waals surface area contributed by atoms with E-state index in [0.29, 0.717) is 5.69 Å². The third-order valence-electron chi connectivity index (χ3n) is 2.57. The van der Waals surface area contributed by atoms with E-state index < -0.39 is 23.3 Å². The van der Waals surface area contributed by atoms with Gasteiger partial charge >= 0.3 is 6.03 Å². The number of hydrogen-bond donors (Lipinski definition) is 5. The number of aromatic hydroxyl groups is 3. The van der Waals surface area contributed by atoms with E-state index in [-0.39, 0.29) is 5.56 Å². The van der Waals surface area contributed by atoms with Crippen LogP contribution in [0.2, 0.25) is 0 Å². The minimum atomic E-state index is -0.689. The molecule has 0 bridgehead atoms. The number of urea groups is 1. The Labute approximate surface area is 120 Å². The van der Waals surface area contributed by atoms with E-state index in [9.17, 15) is 15.0 Å². The number of carbonyl (C=O) groups excluding carboxylic acids is 1. The van der Waals surface area contributed by atoms with Crippen LogP contribution in [0.5, 0.6) is 17.2 Å². The lowest BCUT2D eigenvalue weighted by molar-refractivity contribution is 0.251. The van der Waals surface area contributed by atoms with Crippen LogP contribution in [0.4, 0.5) is 10.5 Å². The van der Waals surface area contributed by atoms with Crippen LogP contribution in [0.3, 0.4) is 0 Å². The minimum absolute atomic E-state index is 0.0974. The fraction of sp³-hybridized carbons (Fsp3) is 0. The maximum Gasteiger partial charge on any atom is 0.359 e. The fourth-order valence-corrected chi connectivity index (χ4v) is 1.50. The first-order valence-corrected chi connectivity index (χ1v) is 5.97. The number of aliphatic imine (C=N–C) groups is 1. The van der Waals surface area contributed by atoms with Crippen molar-refractivity contribution in [3.63, 3.8) is 0 Å². The maximum absolute atomic E-state index is 11.5. The molecule has 0 aliphatic rings. The van der Waals surface area contributed by atoms with Crippen LogP contribution in [0, 0.1) is 0 Å². The van der Waals surface area contributed by atoms with Gasteiger partial charge in [-0.2, -0.15) is 4.99 Å². The molecule has 0 saturated heterocycles. The summed E-state index contributed by atoms with van der Waals surface area (Å²) in [6.45, 7) is 0. The maximum atomic E-state index is 11.5. The molecule has 0 spiro atoms. The Morgan fingerprint density at radius 2 is 1.71 bits per heavy atom. The lowest BCUT2D eigenvalue weighted by atomic mass is 10.2. The highest BCUT2D eigenvalue weighted by molar-refractivity contribution is 5.94. The molecular weight excluding hydrogens is 274 g/mol. The molecule has 108 valence electrons. The SMILES string of the molecule is O=C(N=Cc1ccc(O)c(O)c1O)NNc1ccccc1. The van der Waals surface area contributed by atoms with Crippen molar-refractivity contribution in [2.75, 3.05) is 5.43 Å². The zero-order chi connectivity index (χ0) is 15.2. The van der Waals surface area contributed by atoms with E-state index >= 15 is 0 Å². The van der Waals surface area contributed by atoms with Crippen LogP contribution in [-0.2, 0) is 0 Å². The second-order valence-corrected chi connectivity index (χ2v) is 4.05. The van der Waals surface area contributed by atoms with Gasteiger partial charge in [0.25, 0.3) is 0 Å². The summed E-state index contributed by atoms with van der Waals surface area (Å²) >= 11 is 0. The van der Waals surface area contributed by atoms with Gasteiger partial charge in [-0.3, -0.25) is 5.43 Å². The van der Waals surface area contributed by atoms with Crippen LogP contribution in [-0.4, -0.2) is 27.6 Å². The normalized spacial score (nSPS) is 10.5. The van der Waals surface area contributed by atoms with E-state index in [2.05, 4.69) is 15.8 Å². The van der Waals surface area contributed by atoms with Gasteiger partial charge in [-0.1, -0.05) is 18.2 Å². The van der Waals surface area contributed by atoms with E-state index in [1.54, 1.807) is 24.3 Å². The van der Waals surface area contributed by atoms with Crippen molar-refractivity contribution in [1.29, 1.82) is 0 Å². The molecule has 0 saturated carbocycles. The minimum Gasteiger partial charge on any atom is -0.504 e. The molecule has 0 aromatic heterocycles. The highest BCUT2D eigenvalue weighted by Gasteiger charge is 2.09. The number of para-hydroxylation sites is 1. The van der Waals surface area contributed by atoms with E-state index in [1.165, 1.54) is 12.1 Å². The number of nitrogens with one attached hydrogen (secondary N) is 2. The summed E-state index contributed by atoms with van der Waals surface area (Å²) in [5.74, 6) is -1.68. The highest BCUT2D eigenvalue weighted by atomic mass is 16.3. The molecule has 2 rings (SSSR count). The number of hydrogen-bond acceptors (Lipinski definition) is 5. The third kappa shape index (κ3) is 3.63. The number of anilines is 1. The Morgan fingerprint density at radius 1 is 1.00 bits per heavy atom. The summed E-state index contributed by atoms with van der Waals surface area (Å²) in [4.78, 5) is 15.0. The van der Waals surface area contributed by atoms with Crippen molar-refractivity contribution in [1.82, 2.24) is 5.43 Å². The second-order valence-electron chi connectivity index (χ2n) is 4.05. The topological polar surface area (TPSA) is 114 Å². The van der Waals surface area contributed by atoms with Crippen molar-refractivity contribution >= 4 is 17.9 Å². The van der Waals surface area contributed by atoms with Gasteiger partial charge in [-0.25, -0.2) is 10.2 Å². The molecule has 7 nitrogen and oxygen atoms in total. The Hall–Kier alpha value is -3.22. The summed E-state index contributed by atoms with van der Waals surface area (Å²) in [5.41, 5.74) is 5.77. The summed E-state index contributed by atoms with van der Waals surface area (Å²) in [5, 5.41) is 28.0. The van der Waals surface area contributed by atoms with E-state index in [4.69, 9.17) is 5.11 Å². The van der Waals surface area contributed by atoms with Gasteiger partial charge < -0.3 is 15.3 Å². The third-order valence-corrected chi connectivity index (χ3v) is 2.57. The number of rotatable bonds is 3. The first-order valence-electron chi connectivity index (χ1n) is 5.97. The van der Waals surface area contributed by atoms with Crippen molar-refractivity contribution in [3.05, 3.63) is 48.0 Å². The Balaban J connectivity index is 1.98. The van der Waals surface area contributed by atoms with Crippen molar-refractivity contribution in [2.24, 2.45) is 4.99 Å². The van der Waals surface area contributed by atoms with Gasteiger partial charge in [-0.05, 0) is 24.3 Å². The van der Waals surface area contributed by atoms with Crippen LogP contribution in [0.15, 0.2) is 47.5 Å². The number of phenolic OH excluding ortho intramolecular Hbond substituents is 3. The molecule has 0 aliphatic carbocycles. The number of carbonyl (C=O) groups is 1. The predicted octanol–water partition coefficient (Wildman–Crippen LogP) is 1.96. The quantitative estimate of drug-likeness (QED) is 0.336. The highest BCUT2D eigenvalue weighted by Crippen LogP contribution is 2.36. The number of phenols is 3. The molecule has 2 aromatic carbocycles. The zero-order valence-electron chi connectivity index (χ0n) is 10.8. The Kier molecular flexibility index (Phi) is 4.25. The first-order chi connectivity index (χ1) is 10.1. The van der Waals surface area contributed by atoms with Crippen molar-refractivity contribution < 1.29 is 20.1 Å². The molecule has 0 radical (unpaired) electrons. The van der Waals surface area contributed by atoms with Crippen LogP contribution < -0.4 is 10.9 Å². The lowest BCUT2D eigenvalue weighted by Crippen LogP contribution is -2.26. The van der Waals surface area contributed by atoms with Gasteiger partial charge in [0.15, 0.2) is 11.5 Å². The number of nitrogens with zero attached hydrogens (tertiary/aromatic N) is 1. The molecule has 0 unspecified atom stereocenters. The van der Waals surface area contributed by atoms with Crippen LogP contribution in [0.25, 0.3) is 0 Å². The molecule has 0 fully saturated rings. The summed E-state index contributed by atoms with van der Waals surface area (Å²) < 4.78 is 0. The van der Waals surface area contributed by atoms with E-state index in [0.717, 1.165) is 6.21 Å². The molecule has 2 aromatic rings. The smallest absolute Gasteiger partial charge is 0.359 e. The molecule has 7 heteroatoms. The van der Waals surface area contributed by atoms with Gasteiger partial charge in [0.1, 0.15) is 0 Å². The second kappa shape index (κ2) is 6.29. The molecule has 0 aliphatic heterocycles. The average molecular weight is 287 g/mol. The molecule has 21 heavy (non-hydrogen) atoms. The molecule has 0 heterocycles. The number of amides is 2. The largest absolute Gasteiger partial charge is 0.504 e. The fourth-order valence-electron chi connectivity index (χ4n) is 1.50. The molecule has 0 atom stereocenters. The Bertz CT molecular complexity index is 671. The standard InChI is InChI=1S/C14H13N3O4/c18-11-7-6-9(12(19)13(11)20)8-15-14(21)17-16-10-4-2-1-3-5-10/h1-8,16,18-20H,(H,17,21). The molecular formula is C14H13N3O4. The van der Waals surface area contributed by atoms with Gasteiger partial charge in [0.2, 0.25) is 5.75 Å². The van der Waals surface area contributed by atoms with Crippen LogP contribution in [0.1, 0.15) is 5.56 Å². The van der Waals surface area contributed by atoms with Gasteiger partial charge in [0.05, 0.1) is 5.69 Å². The lowest BCUT2D eigenvalue weighted by Gasteiger charge is -2.05. The molecule has 2 amide bonds. The van der Waals surface area contributed by atoms with Gasteiger partial charge in [0, 0.05) is 11.8 Å². The van der Waals surface area contributed by atoms with Crippen molar-refractivity contribution in [3.8, 4) is 17.2 Å².